The van der Waals surface area contributed by atoms with Gasteiger partial charge in [0.15, 0.2) is 0 Å². The molecule has 194 valence electrons. The second-order valence-corrected chi connectivity index (χ2v) is 9.29. The van der Waals surface area contributed by atoms with Gasteiger partial charge in [-0.3, -0.25) is 19.5 Å². The van der Waals surface area contributed by atoms with Crippen molar-refractivity contribution in [2.75, 3.05) is 32.6 Å². The fourth-order valence-electron chi connectivity index (χ4n) is 4.24. The van der Waals surface area contributed by atoms with E-state index in [4.69, 9.17) is 14.5 Å². The number of carbonyl (C=O) groups excluding carboxylic acids is 2. The Kier molecular flexibility index (Phi) is 7.40. The zero-order valence-electron chi connectivity index (χ0n) is 21.5. The molecule has 1 aliphatic rings. The number of aromatic nitrogens is 2. The largest absolute Gasteiger partial charge is 0.497 e. The van der Waals surface area contributed by atoms with Crippen molar-refractivity contribution >= 4 is 17.8 Å². The van der Waals surface area contributed by atoms with Crippen LogP contribution in [0.2, 0.25) is 0 Å². The van der Waals surface area contributed by atoms with Crippen LogP contribution in [0.5, 0.6) is 11.5 Å². The SMILES string of the molecule is COc1ccc(-c2cn(-c3ccc(OC)cc3)c(NC(=O)CN(CC3CC3)C(=O)c3ccccc3)n2)cc1. The van der Waals surface area contributed by atoms with Crippen molar-refractivity contribution in [2.24, 2.45) is 5.92 Å². The van der Waals surface area contributed by atoms with Gasteiger partial charge in [0.2, 0.25) is 11.9 Å². The van der Waals surface area contributed by atoms with E-state index < -0.39 is 0 Å². The highest BCUT2D eigenvalue weighted by molar-refractivity contribution is 5.99. The molecule has 1 N–H and O–H groups in total. The average Bonchev–Trinajstić information content (AvgIpc) is 3.69. The first-order valence-corrected chi connectivity index (χ1v) is 12.6. The summed E-state index contributed by atoms with van der Waals surface area (Å²) in [4.78, 5) is 32.8. The number of methoxy groups -OCH3 is 2. The molecule has 1 aromatic heterocycles. The highest BCUT2D eigenvalue weighted by Crippen LogP contribution is 2.30. The zero-order valence-corrected chi connectivity index (χ0v) is 21.5. The van der Waals surface area contributed by atoms with E-state index in [1.165, 1.54) is 0 Å². The van der Waals surface area contributed by atoms with Gasteiger partial charge in [-0.2, -0.15) is 0 Å². The van der Waals surface area contributed by atoms with Gasteiger partial charge in [0.1, 0.15) is 18.0 Å². The minimum Gasteiger partial charge on any atom is -0.497 e. The number of benzene rings is 3. The number of ether oxygens (including phenoxy) is 2. The Morgan fingerprint density at radius 2 is 1.55 bits per heavy atom. The second-order valence-electron chi connectivity index (χ2n) is 9.29. The number of hydrogen-bond acceptors (Lipinski definition) is 5. The molecule has 5 rings (SSSR count). The molecule has 1 fully saturated rings. The van der Waals surface area contributed by atoms with Crippen molar-refractivity contribution in [2.45, 2.75) is 12.8 Å². The number of nitrogens with zero attached hydrogens (tertiary/aromatic N) is 3. The van der Waals surface area contributed by atoms with Crippen LogP contribution in [0.15, 0.2) is 85.1 Å². The maximum absolute atomic E-state index is 13.3. The molecule has 0 unspecified atom stereocenters. The lowest BCUT2D eigenvalue weighted by Crippen LogP contribution is -2.39. The maximum Gasteiger partial charge on any atom is 0.254 e. The Morgan fingerprint density at radius 1 is 0.921 bits per heavy atom. The predicted octanol–water partition coefficient (Wildman–Crippen LogP) is 5.05. The summed E-state index contributed by atoms with van der Waals surface area (Å²) < 4.78 is 12.4. The van der Waals surface area contributed by atoms with Crippen molar-refractivity contribution in [1.29, 1.82) is 0 Å². The van der Waals surface area contributed by atoms with E-state index >= 15 is 0 Å². The average molecular weight is 511 g/mol. The Bertz CT molecular complexity index is 1390. The van der Waals surface area contributed by atoms with Crippen LogP contribution in [0, 0.1) is 5.92 Å². The first-order valence-electron chi connectivity index (χ1n) is 12.6. The number of nitrogens with one attached hydrogen (secondary N) is 1. The summed E-state index contributed by atoms with van der Waals surface area (Å²) in [7, 11) is 3.24. The maximum atomic E-state index is 13.3. The van der Waals surface area contributed by atoms with E-state index in [0.717, 1.165) is 35.6 Å². The number of imidazole rings is 1. The van der Waals surface area contributed by atoms with E-state index in [2.05, 4.69) is 5.32 Å². The fourth-order valence-corrected chi connectivity index (χ4v) is 4.24. The molecule has 1 aliphatic carbocycles. The standard InChI is InChI=1S/C30H30N4O4/c1-37-25-14-10-22(11-15-25)27-19-34(24-12-16-26(38-2)17-13-24)30(31-27)32-28(35)20-33(18-21-8-9-21)29(36)23-6-4-3-5-7-23/h3-7,10-17,19,21H,8-9,18,20H2,1-2H3,(H,31,32,35). The molecular weight excluding hydrogens is 480 g/mol. The molecule has 4 aromatic rings. The molecule has 0 bridgehead atoms. The summed E-state index contributed by atoms with van der Waals surface area (Å²) in [5, 5.41) is 2.94. The summed E-state index contributed by atoms with van der Waals surface area (Å²) in [6.07, 6.45) is 4.02. The van der Waals surface area contributed by atoms with Gasteiger partial charge in [0, 0.05) is 29.6 Å². The first kappa shape index (κ1) is 25.1. The van der Waals surface area contributed by atoms with Gasteiger partial charge in [-0.25, -0.2) is 4.98 Å². The van der Waals surface area contributed by atoms with Gasteiger partial charge < -0.3 is 14.4 Å². The van der Waals surface area contributed by atoms with Crippen LogP contribution in [0.1, 0.15) is 23.2 Å². The molecule has 0 saturated heterocycles. The molecule has 3 aromatic carbocycles. The highest BCUT2D eigenvalue weighted by Gasteiger charge is 2.29. The summed E-state index contributed by atoms with van der Waals surface area (Å²) in [5.74, 6) is 1.82. The third kappa shape index (κ3) is 5.86. The molecular formula is C30H30N4O4. The Morgan fingerprint density at radius 3 is 2.16 bits per heavy atom. The van der Waals surface area contributed by atoms with Crippen molar-refractivity contribution in [3.63, 3.8) is 0 Å². The first-order chi connectivity index (χ1) is 18.5. The third-order valence-corrected chi connectivity index (χ3v) is 6.51. The molecule has 38 heavy (non-hydrogen) atoms. The normalized spacial score (nSPS) is 12.6. The van der Waals surface area contributed by atoms with Gasteiger partial charge in [0.05, 0.1) is 19.9 Å². The predicted molar refractivity (Wildman–Crippen MR) is 146 cm³/mol. The van der Waals surface area contributed by atoms with Crippen molar-refractivity contribution in [1.82, 2.24) is 14.5 Å². The minimum atomic E-state index is -0.309. The monoisotopic (exact) mass is 510 g/mol. The molecule has 8 heteroatoms. The van der Waals surface area contributed by atoms with Crippen LogP contribution >= 0.6 is 0 Å². The third-order valence-electron chi connectivity index (χ3n) is 6.51. The number of rotatable bonds is 10. The lowest BCUT2D eigenvalue weighted by atomic mass is 10.1. The number of carbonyl (C=O) groups is 2. The molecule has 1 heterocycles. The minimum absolute atomic E-state index is 0.0580. The quantitative estimate of drug-likeness (QED) is 0.323. The second kappa shape index (κ2) is 11.2. The summed E-state index contributed by atoms with van der Waals surface area (Å²) in [6, 6.07) is 24.1. The van der Waals surface area contributed by atoms with E-state index in [1.807, 2.05) is 77.5 Å². The Labute approximate surface area is 221 Å². The molecule has 1 saturated carbocycles. The van der Waals surface area contributed by atoms with E-state index in [0.29, 0.717) is 29.7 Å². The highest BCUT2D eigenvalue weighted by atomic mass is 16.5. The molecule has 8 nitrogen and oxygen atoms in total. The molecule has 2 amide bonds. The van der Waals surface area contributed by atoms with E-state index in [1.54, 1.807) is 31.3 Å². The van der Waals surface area contributed by atoms with Crippen LogP contribution < -0.4 is 14.8 Å². The number of anilines is 1. The topological polar surface area (TPSA) is 85.7 Å². The fraction of sp³-hybridized carbons (Fsp3) is 0.233. The molecule has 0 radical (unpaired) electrons. The molecule has 0 spiro atoms. The lowest BCUT2D eigenvalue weighted by Gasteiger charge is -2.22. The summed E-state index contributed by atoms with van der Waals surface area (Å²) >= 11 is 0. The number of amides is 2. The summed E-state index contributed by atoms with van der Waals surface area (Å²) in [5.41, 5.74) is 2.95. The van der Waals surface area contributed by atoms with Crippen LogP contribution in [-0.2, 0) is 4.79 Å². The van der Waals surface area contributed by atoms with Gasteiger partial charge in [-0.05, 0) is 79.4 Å². The van der Waals surface area contributed by atoms with Crippen molar-refractivity contribution < 1.29 is 19.1 Å². The molecule has 0 aliphatic heterocycles. The van der Waals surface area contributed by atoms with E-state index in [-0.39, 0.29) is 18.4 Å². The van der Waals surface area contributed by atoms with Crippen LogP contribution in [0.25, 0.3) is 16.9 Å². The number of hydrogen-bond donors (Lipinski definition) is 1. The van der Waals surface area contributed by atoms with Gasteiger partial charge >= 0.3 is 0 Å². The Hall–Kier alpha value is -4.59. The van der Waals surface area contributed by atoms with Crippen LogP contribution in [0.3, 0.4) is 0 Å². The van der Waals surface area contributed by atoms with E-state index in [9.17, 15) is 9.59 Å². The molecule has 0 atom stereocenters. The van der Waals surface area contributed by atoms with Gasteiger partial charge in [-0.15, -0.1) is 0 Å². The van der Waals surface area contributed by atoms with Crippen molar-refractivity contribution in [3.05, 3.63) is 90.6 Å². The van der Waals surface area contributed by atoms with Crippen LogP contribution in [0.4, 0.5) is 5.95 Å². The summed E-state index contributed by atoms with van der Waals surface area (Å²) in [6.45, 7) is 0.503. The van der Waals surface area contributed by atoms with Gasteiger partial charge in [0.25, 0.3) is 5.91 Å². The lowest BCUT2D eigenvalue weighted by molar-refractivity contribution is -0.117. The Balaban J connectivity index is 1.41. The zero-order chi connectivity index (χ0) is 26.5. The smallest absolute Gasteiger partial charge is 0.254 e. The van der Waals surface area contributed by atoms with Crippen LogP contribution in [-0.4, -0.2) is 53.6 Å². The van der Waals surface area contributed by atoms with Gasteiger partial charge in [-0.1, -0.05) is 18.2 Å². The van der Waals surface area contributed by atoms with Crippen molar-refractivity contribution in [3.8, 4) is 28.4 Å².